The first kappa shape index (κ1) is 7.98. The van der Waals surface area contributed by atoms with Crippen molar-refractivity contribution in [1.82, 2.24) is 0 Å². The molecule has 1 rings (SSSR count). The SMILES string of the molecule is C[C@H]1OCC[C@@H](O)[C@]1(C)O. The second kappa shape index (κ2) is 2.49. The van der Waals surface area contributed by atoms with Crippen LogP contribution in [0.15, 0.2) is 0 Å². The molecule has 0 saturated carbocycles. The van der Waals surface area contributed by atoms with Crippen LogP contribution in [0.4, 0.5) is 0 Å². The van der Waals surface area contributed by atoms with Crippen molar-refractivity contribution in [2.24, 2.45) is 0 Å². The van der Waals surface area contributed by atoms with Crippen LogP contribution in [0, 0.1) is 0 Å². The summed E-state index contributed by atoms with van der Waals surface area (Å²) in [5.74, 6) is 0. The van der Waals surface area contributed by atoms with Crippen LogP contribution in [-0.4, -0.2) is 34.6 Å². The molecule has 0 aromatic rings. The molecule has 2 N–H and O–H groups in total. The number of rotatable bonds is 0. The molecule has 0 aromatic carbocycles. The Kier molecular flexibility index (Phi) is 1.99. The van der Waals surface area contributed by atoms with E-state index in [4.69, 9.17) is 4.74 Å². The van der Waals surface area contributed by atoms with Gasteiger partial charge in [0.2, 0.25) is 0 Å². The summed E-state index contributed by atoms with van der Waals surface area (Å²) in [6.07, 6.45) is -0.385. The van der Waals surface area contributed by atoms with Crippen LogP contribution in [0.5, 0.6) is 0 Å². The molecule has 60 valence electrons. The van der Waals surface area contributed by atoms with E-state index in [-0.39, 0.29) is 6.10 Å². The number of hydrogen-bond acceptors (Lipinski definition) is 3. The van der Waals surface area contributed by atoms with Crippen molar-refractivity contribution in [3.63, 3.8) is 0 Å². The molecule has 1 heterocycles. The minimum absolute atomic E-state index is 0.267. The molecule has 1 aliphatic rings. The third-order valence-corrected chi connectivity index (χ3v) is 2.26. The number of aliphatic hydroxyl groups is 2. The Hall–Kier alpha value is -0.120. The zero-order chi connectivity index (χ0) is 7.78. The molecule has 0 amide bonds. The molecule has 10 heavy (non-hydrogen) atoms. The van der Waals surface area contributed by atoms with Crippen molar-refractivity contribution in [3.8, 4) is 0 Å². The molecule has 0 aliphatic carbocycles. The number of ether oxygens (including phenoxy) is 1. The second-order valence-electron chi connectivity index (χ2n) is 3.04. The predicted octanol–water partition coefficient (Wildman–Crippen LogP) is -0.0929. The van der Waals surface area contributed by atoms with Gasteiger partial charge in [0, 0.05) is 6.61 Å². The molecule has 0 unspecified atom stereocenters. The van der Waals surface area contributed by atoms with E-state index in [2.05, 4.69) is 0 Å². The zero-order valence-electron chi connectivity index (χ0n) is 6.37. The molecule has 1 aliphatic heterocycles. The molecule has 0 aromatic heterocycles. The monoisotopic (exact) mass is 146 g/mol. The first-order valence-corrected chi connectivity index (χ1v) is 3.57. The average molecular weight is 146 g/mol. The van der Waals surface area contributed by atoms with Crippen molar-refractivity contribution in [1.29, 1.82) is 0 Å². The van der Waals surface area contributed by atoms with Crippen molar-refractivity contribution >= 4 is 0 Å². The predicted molar refractivity (Wildman–Crippen MR) is 36.7 cm³/mol. The minimum Gasteiger partial charge on any atom is -0.390 e. The summed E-state index contributed by atoms with van der Waals surface area (Å²) in [4.78, 5) is 0. The zero-order valence-corrected chi connectivity index (χ0v) is 6.37. The minimum atomic E-state index is -1.07. The third-order valence-electron chi connectivity index (χ3n) is 2.26. The van der Waals surface area contributed by atoms with Crippen LogP contribution in [0.25, 0.3) is 0 Å². The average Bonchev–Trinajstić information content (AvgIpc) is 1.84. The van der Waals surface area contributed by atoms with Gasteiger partial charge in [0.15, 0.2) is 0 Å². The lowest BCUT2D eigenvalue weighted by atomic mass is 9.89. The highest BCUT2D eigenvalue weighted by Crippen LogP contribution is 2.24. The van der Waals surface area contributed by atoms with Gasteiger partial charge in [0.25, 0.3) is 0 Å². The summed E-state index contributed by atoms with van der Waals surface area (Å²) in [6.45, 7) is 3.91. The van der Waals surface area contributed by atoms with Gasteiger partial charge in [0.1, 0.15) is 5.60 Å². The lowest BCUT2D eigenvalue weighted by molar-refractivity contribution is -0.187. The summed E-state index contributed by atoms with van der Waals surface area (Å²) >= 11 is 0. The first-order chi connectivity index (χ1) is 4.55. The first-order valence-electron chi connectivity index (χ1n) is 3.57. The van der Waals surface area contributed by atoms with Crippen LogP contribution in [0.2, 0.25) is 0 Å². The van der Waals surface area contributed by atoms with E-state index < -0.39 is 11.7 Å². The van der Waals surface area contributed by atoms with E-state index in [1.807, 2.05) is 0 Å². The molecule has 0 spiro atoms. The molecular formula is C7H14O3. The maximum absolute atomic E-state index is 9.54. The van der Waals surface area contributed by atoms with Gasteiger partial charge in [-0.15, -0.1) is 0 Å². The van der Waals surface area contributed by atoms with Crippen molar-refractivity contribution < 1.29 is 14.9 Å². The fourth-order valence-corrected chi connectivity index (χ4v) is 1.09. The summed E-state index contributed by atoms with van der Waals surface area (Å²) in [7, 11) is 0. The van der Waals surface area contributed by atoms with E-state index in [1.165, 1.54) is 0 Å². The highest BCUT2D eigenvalue weighted by molar-refractivity contribution is 4.90. The standard InChI is InChI=1S/C7H14O3/c1-5-7(2,9)6(8)3-4-10-5/h5-6,8-9H,3-4H2,1-2H3/t5-,6-,7-/m1/s1. The highest BCUT2D eigenvalue weighted by Gasteiger charge is 2.39. The van der Waals surface area contributed by atoms with E-state index >= 15 is 0 Å². The van der Waals surface area contributed by atoms with Crippen LogP contribution >= 0.6 is 0 Å². The largest absolute Gasteiger partial charge is 0.390 e. The topological polar surface area (TPSA) is 49.7 Å². The lowest BCUT2D eigenvalue weighted by Gasteiger charge is -2.38. The smallest absolute Gasteiger partial charge is 0.113 e. The number of aliphatic hydroxyl groups excluding tert-OH is 1. The highest BCUT2D eigenvalue weighted by atomic mass is 16.5. The van der Waals surface area contributed by atoms with E-state index in [0.717, 1.165) is 0 Å². The lowest BCUT2D eigenvalue weighted by Crippen LogP contribution is -2.53. The maximum atomic E-state index is 9.54. The van der Waals surface area contributed by atoms with Crippen LogP contribution in [0.1, 0.15) is 20.3 Å². The van der Waals surface area contributed by atoms with Crippen LogP contribution < -0.4 is 0 Å². The van der Waals surface area contributed by atoms with Gasteiger partial charge in [-0.2, -0.15) is 0 Å². The maximum Gasteiger partial charge on any atom is 0.113 e. The summed E-state index contributed by atoms with van der Waals surface area (Å²) in [5.41, 5.74) is -1.07. The van der Waals surface area contributed by atoms with Gasteiger partial charge in [-0.1, -0.05) is 0 Å². The Morgan fingerprint density at radius 1 is 1.60 bits per heavy atom. The van der Waals surface area contributed by atoms with Gasteiger partial charge in [-0.25, -0.2) is 0 Å². The second-order valence-corrected chi connectivity index (χ2v) is 3.04. The third kappa shape index (κ3) is 1.17. The Morgan fingerprint density at radius 2 is 2.20 bits per heavy atom. The molecule has 0 radical (unpaired) electrons. The van der Waals surface area contributed by atoms with E-state index in [0.29, 0.717) is 13.0 Å². The molecule has 3 nitrogen and oxygen atoms in total. The Balaban J connectivity index is 2.63. The van der Waals surface area contributed by atoms with Gasteiger partial charge in [-0.3, -0.25) is 0 Å². The van der Waals surface area contributed by atoms with E-state index in [9.17, 15) is 10.2 Å². The van der Waals surface area contributed by atoms with Gasteiger partial charge in [-0.05, 0) is 20.3 Å². The van der Waals surface area contributed by atoms with Crippen molar-refractivity contribution in [2.75, 3.05) is 6.61 Å². The quantitative estimate of drug-likeness (QED) is 0.502. The van der Waals surface area contributed by atoms with Crippen molar-refractivity contribution in [3.05, 3.63) is 0 Å². The summed E-state index contributed by atoms with van der Waals surface area (Å²) in [6, 6.07) is 0. The summed E-state index contributed by atoms with van der Waals surface area (Å²) in [5, 5.41) is 18.8. The normalized spacial score (nSPS) is 49.2. The summed E-state index contributed by atoms with van der Waals surface area (Å²) < 4.78 is 5.15. The fourth-order valence-electron chi connectivity index (χ4n) is 1.09. The van der Waals surface area contributed by atoms with Gasteiger partial charge in [0.05, 0.1) is 12.2 Å². The van der Waals surface area contributed by atoms with Crippen LogP contribution in [-0.2, 0) is 4.74 Å². The molecule has 1 fully saturated rings. The Morgan fingerprint density at radius 3 is 2.60 bits per heavy atom. The van der Waals surface area contributed by atoms with E-state index in [1.54, 1.807) is 13.8 Å². The number of hydrogen-bond donors (Lipinski definition) is 2. The van der Waals surface area contributed by atoms with Crippen LogP contribution in [0.3, 0.4) is 0 Å². The molecule has 3 atom stereocenters. The molecule has 1 saturated heterocycles. The Labute approximate surface area is 60.6 Å². The molecular weight excluding hydrogens is 132 g/mol. The van der Waals surface area contributed by atoms with Gasteiger partial charge >= 0.3 is 0 Å². The Bertz CT molecular complexity index is 110. The van der Waals surface area contributed by atoms with Gasteiger partial charge < -0.3 is 14.9 Å². The van der Waals surface area contributed by atoms with Crippen molar-refractivity contribution in [2.45, 2.75) is 38.1 Å². The molecule has 3 heteroatoms. The fraction of sp³-hybridized carbons (Fsp3) is 1.00. The molecule has 0 bridgehead atoms.